The number of para-hydroxylation sites is 4. The zero-order valence-electron chi connectivity index (χ0n) is 23.2. The molecule has 0 N–H and O–H groups in total. The summed E-state index contributed by atoms with van der Waals surface area (Å²) in [5, 5.41) is 9.70. The van der Waals surface area contributed by atoms with Gasteiger partial charge in [-0.25, -0.2) is 0 Å². The number of hydrogen-bond donors (Lipinski definition) is 0. The molecule has 0 radical (unpaired) electrons. The minimum absolute atomic E-state index is 0.911. The average molecular weight is 549 g/mol. The number of fused-ring (bicyclic) bond motifs is 13. The van der Waals surface area contributed by atoms with Crippen LogP contribution in [0.25, 0.3) is 87.7 Å². The Balaban J connectivity index is 1.40. The Hall–Kier alpha value is -5.80. The van der Waals surface area contributed by atoms with Gasteiger partial charge >= 0.3 is 0 Å². The van der Waals surface area contributed by atoms with Crippen molar-refractivity contribution in [2.45, 2.75) is 0 Å². The number of aromatic nitrogens is 2. The number of nitrogens with zero attached hydrogens (tertiary/aromatic N) is 2. The predicted molar refractivity (Wildman–Crippen MR) is 180 cm³/mol. The van der Waals surface area contributed by atoms with E-state index in [2.05, 4.69) is 155 Å². The molecule has 0 saturated carbocycles. The van der Waals surface area contributed by atoms with Crippen LogP contribution in [-0.2, 0) is 0 Å². The van der Waals surface area contributed by atoms with Gasteiger partial charge in [-0.3, -0.25) is 0 Å². The van der Waals surface area contributed by atoms with Crippen molar-refractivity contribution in [3.8, 4) is 11.4 Å². The third-order valence-corrected chi connectivity index (χ3v) is 9.08. The summed E-state index contributed by atoms with van der Waals surface area (Å²) in [5.41, 5.74) is 8.79. The van der Waals surface area contributed by atoms with Crippen molar-refractivity contribution in [2.24, 2.45) is 0 Å². The zero-order chi connectivity index (χ0) is 28.1. The van der Waals surface area contributed by atoms with Gasteiger partial charge in [0.1, 0.15) is 5.58 Å². The van der Waals surface area contributed by atoms with Gasteiger partial charge in [-0.2, -0.15) is 0 Å². The van der Waals surface area contributed by atoms with Crippen LogP contribution < -0.4 is 0 Å². The van der Waals surface area contributed by atoms with Crippen LogP contribution in [0.15, 0.2) is 150 Å². The molecular weight excluding hydrogens is 524 g/mol. The first-order valence-corrected chi connectivity index (χ1v) is 14.7. The molecule has 7 aromatic carbocycles. The Morgan fingerprint density at radius 2 is 0.953 bits per heavy atom. The van der Waals surface area contributed by atoms with E-state index in [0.717, 1.165) is 33.4 Å². The summed E-state index contributed by atoms with van der Waals surface area (Å²) in [4.78, 5) is 0. The van der Waals surface area contributed by atoms with E-state index in [9.17, 15) is 0 Å². The zero-order valence-corrected chi connectivity index (χ0v) is 23.2. The lowest BCUT2D eigenvalue weighted by atomic mass is 9.99. The second-order valence-corrected chi connectivity index (χ2v) is 11.3. The summed E-state index contributed by atoms with van der Waals surface area (Å²) < 4.78 is 11.5. The Bertz CT molecular complexity index is 2720. The fourth-order valence-electron chi connectivity index (χ4n) is 7.35. The van der Waals surface area contributed by atoms with Crippen molar-refractivity contribution < 1.29 is 4.42 Å². The van der Waals surface area contributed by atoms with Crippen LogP contribution in [0.4, 0.5) is 0 Å². The fourth-order valence-corrected chi connectivity index (χ4v) is 7.35. The minimum atomic E-state index is 0.911. The Morgan fingerprint density at radius 1 is 0.372 bits per heavy atom. The molecule has 43 heavy (non-hydrogen) atoms. The van der Waals surface area contributed by atoms with E-state index < -0.39 is 0 Å². The number of hydrogen-bond acceptors (Lipinski definition) is 1. The predicted octanol–water partition coefficient (Wildman–Crippen LogP) is 10.9. The highest BCUT2D eigenvalue weighted by atomic mass is 16.3. The molecule has 0 spiro atoms. The molecule has 0 aliphatic heterocycles. The summed E-state index contributed by atoms with van der Waals surface area (Å²) in [6.45, 7) is 0. The molecule has 0 unspecified atom stereocenters. The van der Waals surface area contributed by atoms with E-state index >= 15 is 0 Å². The topological polar surface area (TPSA) is 23.0 Å². The highest BCUT2D eigenvalue weighted by Gasteiger charge is 2.23. The first-order chi connectivity index (χ1) is 21.4. The molecule has 0 bridgehead atoms. The smallest absolute Gasteiger partial charge is 0.160 e. The van der Waals surface area contributed by atoms with Gasteiger partial charge in [0.15, 0.2) is 5.58 Å². The summed E-state index contributed by atoms with van der Waals surface area (Å²) in [7, 11) is 0. The van der Waals surface area contributed by atoms with Crippen LogP contribution in [0.2, 0.25) is 0 Å². The van der Waals surface area contributed by atoms with Gasteiger partial charge in [0.05, 0.1) is 22.1 Å². The number of furan rings is 1. The molecule has 0 aliphatic carbocycles. The van der Waals surface area contributed by atoms with Crippen molar-refractivity contribution in [3.05, 3.63) is 146 Å². The van der Waals surface area contributed by atoms with Gasteiger partial charge in [0, 0.05) is 43.7 Å². The molecule has 3 aromatic heterocycles. The van der Waals surface area contributed by atoms with Crippen molar-refractivity contribution in [1.29, 1.82) is 0 Å². The van der Waals surface area contributed by atoms with Crippen molar-refractivity contribution >= 4 is 76.3 Å². The first kappa shape index (κ1) is 22.8. The van der Waals surface area contributed by atoms with Gasteiger partial charge in [-0.15, -0.1) is 0 Å². The maximum Gasteiger partial charge on any atom is 0.160 e. The van der Waals surface area contributed by atoms with Crippen LogP contribution in [0.3, 0.4) is 0 Å². The average Bonchev–Trinajstić information content (AvgIpc) is 3.73. The molecule has 0 atom stereocenters. The SMILES string of the molecule is c1ccc(-n2c3ccccc3c3cc(-n4c5ccccc5c5c6ccccc6c6c7ccccc7oc6c54)ccc32)cc1. The summed E-state index contributed by atoms with van der Waals surface area (Å²) in [6, 6.07) is 52.1. The normalized spacial score (nSPS) is 12.2. The quantitative estimate of drug-likeness (QED) is 0.211. The van der Waals surface area contributed by atoms with Crippen LogP contribution in [-0.4, -0.2) is 9.13 Å². The number of benzene rings is 7. The lowest BCUT2D eigenvalue weighted by molar-refractivity contribution is 0.671. The molecule has 0 amide bonds. The molecule has 3 heterocycles. The Labute approximate surface area is 246 Å². The standard InChI is InChI=1S/C40H24N2O/c1-2-12-25(13-3-1)41-33-19-9-6-14-27(33)32-24-26(22-23-35(32)41)42-34-20-10-7-17-30(34)37-28-15-4-5-16-29(28)38-31-18-8-11-21-36(31)43-40(38)39(37)42/h1-24H. The molecule has 200 valence electrons. The van der Waals surface area contributed by atoms with Crippen molar-refractivity contribution in [3.63, 3.8) is 0 Å². The lowest BCUT2D eigenvalue weighted by Crippen LogP contribution is -1.96. The highest BCUT2D eigenvalue weighted by Crippen LogP contribution is 2.46. The van der Waals surface area contributed by atoms with E-state index in [-0.39, 0.29) is 0 Å². The third-order valence-electron chi connectivity index (χ3n) is 9.08. The van der Waals surface area contributed by atoms with Gasteiger partial charge in [-0.1, -0.05) is 97.1 Å². The van der Waals surface area contributed by atoms with Gasteiger partial charge in [-0.05, 0) is 59.3 Å². The Kier molecular flexibility index (Phi) is 4.45. The Morgan fingerprint density at radius 3 is 1.74 bits per heavy atom. The lowest BCUT2D eigenvalue weighted by Gasteiger charge is -2.11. The van der Waals surface area contributed by atoms with E-state index in [1.807, 2.05) is 0 Å². The van der Waals surface area contributed by atoms with E-state index in [1.165, 1.54) is 54.3 Å². The van der Waals surface area contributed by atoms with Crippen LogP contribution >= 0.6 is 0 Å². The molecule has 10 rings (SSSR count). The molecule has 10 aromatic rings. The number of rotatable bonds is 2. The molecule has 3 nitrogen and oxygen atoms in total. The largest absolute Gasteiger partial charge is 0.454 e. The maximum absolute atomic E-state index is 6.76. The summed E-state index contributed by atoms with van der Waals surface area (Å²) >= 11 is 0. The van der Waals surface area contributed by atoms with Crippen molar-refractivity contribution in [1.82, 2.24) is 9.13 Å². The molecule has 0 fully saturated rings. The van der Waals surface area contributed by atoms with Gasteiger partial charge in [0.2, 0.25) is 0 Å². The van der Waals surface area contributed by atoms with Crippen LogP contribution in [0.5, 0.6) is 0 Å². The molecule has 0 saturated heterocycles. The van der Waals surface area contributed by atoms with E-state index in [4.69, 9.17) is 4.42 Å². The molecule has 0 aliphatic rings. The first-order valence-electron chi connectivity index (χ1n) is 14.7. The minimum Gasteiger partial charge on any atom is -0.454 e. The molecular formula is C40H24N2O. The summed E-state index contributed by atoms with van der Waals surface area (Å²) in [6.07, 6.45) is 0. The highest BCUT2D eigenvalue weighted by molar-refractivity contribution is 6.35. The van der Waals surface area contributed by atoms with E-state index in [1.54, 1.807) is 0 Å². The van der Waals surface area contributed by atoms with Gasteiger partial charge < -0.3 is 13.6 Å². The summed E-state index contributed by atoms with van der Waals surface area (Å²) in [5.74, 6) is 0. The molecule has 3 heteroatoms. The van der Waals surface area contributed by atoms with Crippen molar-refractivity contribution in [2.75, 3.05) is 0 Å². The van der Waals surface area contributed by atoms with Gasteiger partial charge in [0.25, 0.3) is 0 Å². The van der Waals surface area contributed by atoms with Crippen LogP contribution in [0.1, 0.15) is 0 Å². The fraction of sp³-hybridized carbons (Fsp3) is 0. The van der Waals surface area contributed by atoms with E-state index in [0.29, 0.717) is 0 Å². The van der Waals surface area contributed by atoms with Crippen LogP contribution in [0, 0.1) is 0 Å². The second kappa shape index (κ2) is 8.37. The third kappa shape index (κ3) is 2.98. The monoisotopic (exact) mass is 548 g/mol. The maximum atomic E-state index is 6.76. The second-order valence-electron chi connectivity index (χ2n) is 11.3.